The van der Waals surface area contributed by atoms with Gasteiger partial charge in [-0.25, -0.2) is 0 Å². The lowest BCUT2D eigenvalue weighted by Crippen LogP contribution is -2.39. The Morgan fingerprint density at radius 1 is 1.24 bits per heavy atom. The highest BCUT2D eigenvalue weighted by atomic mass is 16.5. The third kappa shape index (κ3) is 4.96. The van der Waals surface area contributed by atoms with Crippen molar-refractivity contribution in [2.75, 3.05) is 26.2 Å². The number of esters is 1. The van der Waals surface area contributed by atoms with Crippen molar-refractivity contribution in [3.05, 3.63) is 0 Å². The molecule has 1 atom stereocenters. The molecule has 1 spiro atoms. The number of hydrogen-bond acceptors (Lipinski definition) is 4. The predicted octanol–water partition coefficient (Wildman–Crippen LogP) is 3.14. The lowest BCUT2D eigenvalue weighted by Gasteiger charge is -2.34. The smallest absolute Gasteiger partial charge is 0.320 e. The fourth-order valence-electron chi connectivity index (χ4n) is 3.82. The molecule has 0 bridgehead atoms. The van der Waals surface area contributed by atoms with E-state index in [0.29, 0.717) is 19.3 Å². The normalized spacial score (nSPS) is 24.6. The summed E-state index contributed by atoms with van der Waals surface area (Å²) in [6, 6.07) is 0. The summed E-state index contributed by atoms with van der Waals surface area (Å²) in [4.78, 5) is 13.9. The van der Waals surface area contributed by atoms with E-state index < -0.39 is 0 Å². The van der Waals surface area contributed by atoms with Crippen molar-refractivity contribution in [3.63, 3.8) is 0 Å². The van der Waals surface area contributed by atoms with Crippen LogP contribution >= 0.6 is 0 Å². The first-order valence-electron chi connectivity index (χ1n) is 8.73. The maximum atomic E-state index is 11.7. The molecule has 21 heavy (non-hydrogen) atoms. The van der Waals surface area contributed by atoms with Crippen LogP contribution in [0.5, 0.6) is 0 Å². The van der Waals surface area contributed by atoms with Crippen molar-refractivity contribution < 1.29 is 14.3 Å². The van der Waals surface area contributed by atoms with Gasteiger partial charge in [0.05, 0.1) is 24.9 Å². The zero-order valence-corrected chi connectivity index (χ0v) is 13.7. The van der Waals surface area contributed by atoms with Crippen molar-refractivity contribution in [3.8, 4) is 0 Å². The van der Waals surface area contributed by atoms with Gasteiger partial charge in [0.25, 0.3) is 0 Å². The lowest BCUT2D eigenvalue weighted by atomic mass is 9.83. The number of hydrogen-bond donors (Lipinski definition) is 0. The Morgan fingerprint density at radius 2 is 2.00 bits per heavy atom. The second-order valence-electron chi connectivity index (χ2n) is 6.56. The summed E-state index contributed by atoms with van der Waals surface area (Å²) in [7, 11) is 0. The average Bonchev–Trinajstić information content (AvgIpc) is 2.82. The fraction of sp³-hybridized carbons (Fsp3) is 0.941. The molecule has 2 aliphatic rings. The molecule has 0 aromatic heterocycles. The van der Waals surface area contributed by atoms with Gasteiger partial charge in [0, 0.05) is 6.54 Å². The molecule has 0 radical (unpaired) electrons. The Bertz CT molecular complexity index is 326. The molecule has 2 rings (SSSR count). The zero-order chi connectivity index (χ0) is 15.1. The average molecular weight is 297 g/mol. The highest BCUT2D eigenvalue weighted by molar-refractivity contribution is 5.71. The topological polar surface area (TPSA) is 38.8 Å². The molecule has 2 fully saturated rings. The maximum Gasteiger partial charge on any atom is 0.320 e. The van der Waals surface area contributed by atoms with E-state index in [-0.39, 0.29) is 11.6 Å². The second-order valence-corrected chi connectivity index (χ2v) is 6.56. The number of nitrogens with zero attached hydrogens (tertiary/aromatic N) is 1. The summed E-state index contributed by atoms with van der Waals surface area (Å²) >= 11 is 0. The molecule has 0 aromatic carbocycles. The molecule has 0 aromatic rings. The minimum absolute atomic E-state index is 0.115. The second kappa shape index (κ2) is 8.14. The predicted molar refractivity (Wildman–Crippen MR) is 83.3 cm³/mol. The molecule has 4 nitrogen and oxygen atoms in total. The Morgan fingerprint density at radius 3 is 2.67 bits per heavy atom. The van der Waals surface area contributed by atoms with Gasteiger partial charge in [0.2, 0.25) is 0 Å². The quantitative estimate of drug-likeness (QED) is 0.677. The maximum absolute atomic E-state index is 11.7. The van der Waals surface area contributed by atoms with Gasteiger partial charge in [-0.3, -0.25) is 9.69 Å². The van der Waals surface area contributed by atoms with E-state index in [9.17, 15) is 4.79 Å². The molecular formula is C17H31NO3. The van der Waals surface area contributed by atoms with Crippen LogP contribution in [0.1, 0.15) is 65.2 Å². The van der Waals surface area contributed by atoms with E-state index in [1.807, 2.05) is 6.92 Å². The van der Waals surface area contributed by atoms with Gasteiger partial charge in [-0.15, -0.1) is 0 Å². The standard InChI is InChI=1S/C17H31NO3/c1-3-12-18(14-16(19)20-4-2)13-15-8-11-17(21-15)9-6-5-7-10-17/h15H,3-14H2,1-2H3. The lowest BCUT2D eigenvalue weighted by molar-refractivity contribution is -0.145. The third-order valence-electron chi connectivity index (χ3n) is 4.76. The van der Waals surface area contributed by atoms with Crippen LogP contribution in [0.25, 0.3) is 0 Å². The summed E-state index contributed by atoms with van der Waals surface area (Å²) in [5.74, 6) is -0.115. The van der Waals surface area contributed by atoms with Crippen LogP contribution in [0.2, 0.25) is 0 Å². The molecule has 122 valence electrons. The minimum atomic E-state index is -0.115. The van der Waals surface area contributed by atoms with Gasteiger partial charge < -0.3 is 9.47 Å². The van der Waals surface area contributed by atoms with Crippen LogP contribution in [0, 0.1) is 0 Å². The first-order chi connectivity index (χ1) is 10.2. The number of carbonyl (C=O) groups excluding carboxylic acids is 1. The van der Waals surface area contributed by atoms with Crippen LogP contribution < -0.4 is 0 Å². The van der Waals surface area contributed by atoms with Crippen LogP contribution in [-0.4, -0.2) is 48.8 Å². The molecule has 1 heterocycles. The summed E-state index contributed by atoms with van der Waals surface area (Å²) in [5, 5.41) is 0. The van der Waals surface area contributed by atoms with Crippen LogP contribution in [0.4, 0.5) is 0 Å². The molecular weight excluding hydrogens is 266 g/mol. The fourth-order valence-corrected chi connectivity index (χ4v) is 3.82. The van der Waals surface area contributed by atoms with Crippen LogP contribution in [0.15, 0.2) is 0 Å². The van der Waals surface area contributed by atoms with E-state index in [1.54, 1.807) is 0 Å². The van der Waals surface area contributed by atoms with E-state index in [4.69, 9.17) is 9.47 Å². The molecule has 1 unspecified atom stereocenters. The first-order valence-corrected chi connectivity index (χ1v) is 8.73. The van der Waals surface area contributed by atoms with Crippen molar-refractivity contribution in [1.82, 2.24) is 4.90 Å². The van der Waals surface area contributed by atoms with Gasteiger partial charge in [0.15, 0.2) is 0 Å². The minimum Gasteiger partial charge on any atom is -0.465 e. The molecule has 1 saturated heterocycles. The summed E-state index contributed by atoms with van der Waals surface area (Å²) in [6.45, 7) is 6.67. The van der Waals surface area contributed by atoms with Crippen molar-refractivity contribution >= 4 is 5.97 Å². The van der Waals surface area contributed by atoms with Crippen molar-refractivity contribution in [2.24, 2.45) is 0 Å². The molecule has 1 aliphatic carbocycles. The molecule has 0 amide bonds. The largest absolute Gasteiger partial charge is 0.465 e. The highest BCUT2D eigenvalue weighted by Gasteiger charge is 2.41. The van der Waals surface area contributed by atoms with Gasteiger partial charge >= 0.3 is 5.97 Å². The van der Waals surface area contributed by atoms with Crippen LogP contribution in [-0.2, 0) is 14.3 Å². The number of rotatable bonds is 7. The monoisotopic (exact) mass is 297 g/mol. The SMILES string of the molecule is CCCN(CC(=O)OCC)CC1CCC2(CCCCC2)O1. The Balaban J connectivity index is 1.81. The van der Waals surface area contributed by atoms with Gasteiger partial charge in [0.1, 0.15) is 0 Å². The molecule has 1 saturated carbocycles. The highest BCUT2D eigenvalue weighted by Crippen LogP contribution is 2.41. The summed E-state index contributed by atoms with van der Waals surface area (Å²) < 4.78 is 11.5. The Hall–Kier alpha value is -0.610. The Labute approximate surface area is 129 Å². The van der Waals surface area contributed by atoms with Gasteiger partial charge in [-0.2, -0.15) is 0 Å². The first kappa shape index (κ1) is 16.8. The van der Waals surface area contributed by atoms with E-state index in [0.717, 1.165) is 25.9 Å². The summed E-state index contributed by atoms with van der Waals surface area (Å²) in [6.07, 6.45) is 10.1. The third-order valence-corrected chi connectivity index (χ3v) is 4.76. The van der Waals surface area contributed by atoms with Gasteiger partial charge in [-0.05, 0) is 45.6 Å². The van der Waals surface area contributed by atoms with E-state index in [1.165, 1.54) is 38.5 Å². The van der Waals surface area contributed by atoms with E-state index in [2.05, 4.69) is 11.8 Å². The van der Waals surface area contributed by atoms with Crippen molar-refractivity contribution in [2.45, 2.75) is 76.9 Å². The number of ether oxygens (including phenoxy) is 2. The molecule has 1 aliphatic heterocycles. The number of carbonyl (C=O) groups is 1. The summed E-state index contributed by atoms with van der Waals surface area (Å²) in [5.41, 5.74) is 0.171. The van der Waals surface area contributed by atoms with Crippen molar-refractivity contribution in [1.29, 1.82) is 0 Å². The molecule has 0 N–H and O–H groups in total. The van der Waals surface area contributed by atoms with Crippen LogP contribution in [0.3, 0.4) is 0 Å². The Kier molecular flexibility index (Phi) is 6.49. The molecule has 4 heteroatoms. The van der Waals surface area contributed by atoms with Gasteiger partial charge in [-0.1, -0.05) is 26.2 Å². The zero-order valence-electron chi connectivity index (χ0n) is 13.7. The van der Waals surface area contributed by atoms with E-state index >= 15 is 0 Å².